The minimum absolute atomic E-state index is 0.201. The van der Waals surface area contributed by atoms with Crippen LogP contribution in [0.5, 0.6) is 5.75 Å². The number of thiazole rings is 1. The Morgan fingerprint density at radius 2 is 2.22 bits per heavy atom. The number of nitrogens with one attached hydrogen (secondary N) is 3. The first kappa shape index (κ1) is 19.3. The second-order valence-electron chi connectivity index (χ2n) is 5.54. The Morgan fingerprint density at radius 1 is 1.41 bits per heavy atom. The molecule has 146 valence electrons. The van der Waals surface area contributed by atoms with Crippen LogP contribution in [-0.2, 0) is 14.3 Å². The number of halogens is 3. The van der Waals surface area contributed by atoms with E-state index in [1.165, 1.54) is 12.1 Å². The van der Waals surface area contributed by atoms with E-state index in [4.69, 9.17) is 4.74 Å². The SMILES string of the molecule is O=C(CNC(=O)[C@H]1COCCN1)Nc1nc2ccc(OC(F)(F)F)cc2s1. The highest BCUT2D eigenvalue weighted by atomic mass is 32.1. The minimum atomic E-state index is -4.79. The maximum absolute atomic E-state index is 12.3. The number of morpholine rings is 1. The largest absolute Gasteiger partial charge is 0.573 e. The summed E-state index contributed by atoms with van der Waals surface area (Å²) in [7, 11) is 0. The number of hydrogen-bond donors (Lipinski definition) is 3. The van der Waals surface area contributed by atoms with Crippen molar-refractivity contribution in [2.75, 3.05) is 31.6 Å². The summed E-state index contributed by atoms with van der Waals surface area (Å²) in [6.07, 6.45) is -4.79. The molecule has 2 heterocycles. The monoisotopic (exact) mass is 404 g/mol. The second-order valence-corrected chi connectivity index (χ2v) is 6.57. The number of benzene rings is 1. The van der Waals surface area contributed by atoms with Crippen LogP contribution in [0.2, 0.25) is 0 Å². The number of anilines is 1. The summed E-state index contributed by atoms with van der Waals surface area (Å²) in [6, 6.07) is 3.17. The quantitative estimate of drug-likeness (QED) is 0.693. The average Bonchev–Trinajstić information content (AvgIpc) is 3.00. The van der Waals surface area contributed by atoms with Gasteiger partial charge in [-0.3, -0.25) is 9.59 Å². The molecule has 1 aromatic carbocycles. The standard InChI is InChI=1S/C15H15F3N4O4S/c16-15(17,18)26-8-1-2-9-11(5-8)27-14(21-9)22-12(23)6-20-13(24)10-7-25-4-3-19-10/h1-2,5,10,19H,3-4,6-7H2,(H,20,24)(H,21,22,23)/t10-/m1/s1. The summed E-state index contributed by atoms with van der Waals surface area (Å²) in [5.74, 6) is -1.24. The Kier molecular flexibility index (Phi) is 5.77. The molecule has 1 saturated heterocycles. The number of amides is 2. The molecule has 12 heteroatoms. The van der Waals surface area contributed by atoms with Crippen LogP contribution in [0, 0.1) is 0 Å². The fourth-order valence-electron chi connectivity index (χ4n) is 2.34. The van der Waals surface area contributed by atoms with E-state index >= 15 is 0 Å². The number of ether oxygens (including phenoxy) is 2. The molecule has 0 bridgehead atoms. The number of carbonyl (C=O) groups is 2. The van der Waals surface area contributed by atoms with Gasteiger partial charge in [0.25, 0.3) is 0 Å². The predicted molar refractivity (Wildman–Crippen MR) is 90.6 cm³/mol. The average molecular weight is 404 g/mol. The Balaban J connectivity index is 1.55. The van der Waals surface area contributed by atoms with Gasteiger partial charge in [0.2, 0.25) is 11.8 Å². The molecule has 2 amide bonds. The van der Waals surface area contributed by atoms with Gasteiger partial charge in [-0.15, -0.1) is 13.2 Å². The lowest BCUT2D eigenvalue weighted by Gasteiger charge is -2.22. The van der Waals surface area contributed by atoms with E-state index in [-0.39, 0.29) is 29.9 Å². The Labute approximate surface area is 155 Å². The van der Waals surface area contributed by atoms with Gasteiger partial charge in [-0.1, -0.05) is 11.3 Å². The number of rotatable bonds is 5. The third-order valence-electron chi connectivity index (χ3n) is 3.50. The topological polar surface area (TPSA) is 102 Å². The van der Waals surface area contributed by atoms with Gasteiger partial charge in [-0.05, 0) is 12.1 Å². The van der Waals surface area contributed by atoms with Gasteiger partial charge in [-0.25, -0.2) is 4.98 Å². The number of nitrogens with zero attached hydrogens (tertiary/aromatic N) is 1. The molecule has 8 nitrogen and oxygen atoms in total. The van der Waals surface area contributed by atoms with Crippen molar-refractivity contribution in [3.05, 3.63) is 18.2 Å². The Morgan fingerprint density at radius 3 is 2.93 bits per heavy atom. The first-order valence-corrected chi connectivity index (χ1v) is 8.67. The Bertz CT molecular complexity index is 836. The second kappa shape index (κ2) is 8.06. The molecular weight excluding hydrogens is 389 g/mol. The molecule has 27 heavy (non-hydrogen) atoms. The highest BCUT2D eigenvalue weighted by Crippen LogP contribution is 2.31. The molecule has 0 aliphatic carbocycles. The van der Waals surface area contributed by atoms with E-state index in [9.17, 15) is 22.8 Å². The molecule has 1 aliphatic heterocycles. The number of alkyl halides is 3. The van der Waals surface area contributed by atoms with Gasteiger partial charge in [0, 0.05) is 12.6 Å². The van der Waals surface area contributed by atoms with Gasteiger partial charge in [-0.2, -0.15) is 0 Å². The molecule has 3 N–H and O–H groups in total. The number of fused-ring (bicyclic) bond motifs is 1. The smallest absolute Gasteiger partial charge is 0.406 e. The molecule has 3 rings (SSSR count). The van der Waals surface area contributed by atoms with Crippen molar-refractivity contribution < 1.29 is 32.2 Å². The molecular formula is C15H15F3N4O4S. The van der Waals surface area contributed by atoms with E-state index < -0.39 is 18.3 Å². The fourth-order valence-corrected chi connectivity index (χ4v) is 3.25. The highest BCUT2D eigenvalue weighted by Gasteiger charge is 2.31. The van der Waals surface area contributed by atoms with Gasteiger partial charge in [0.15, 0.2) is 5.13 Å². The minimum Gasteiger partial charge on any atom is -0.406 e. The van der Waals surface area contributed by atoms with Crippen LogP contribution in [0.15, 0.2) is 18.2 Å². The van der Waals surface area contributed by atoms with Crippen LogP contribution in [-0.4, -0.2) is 55.5 Å². The summed E-state index contributed by atoms with van der Waals surface area (Å²) >= 11 is 0.993. The number of aromatic nitrogens is 1. The van der Waals surface area contributed by atoms with Gasteiger partial charge < -0.3 is 25.4 Å². The molecule has 0 unspecified atom stereocenters. The van der Waals surface area contributed by atoms with E-state index in [1.54, 1.807) is 0 Å². The van der Waals surface area contributed by atoms with Crippen LogP contribution in [0.3, 0.4) is 0 Å². The van der Waals surface area contributed by atoms with Crippen molar-refractivity contribution in [2.24, 2.45) is 0 Å². The van der Waals surface area contributed by atoms with Crippen molar-refractivity contribution in [3.63, 3.8) is 0 Å². The summed E-state index contributed by atoms with van der Waals surface area (Å²) in [5, 5.41) is 8.14. The van der Waals surface area contributed by atoms with E-state index in [1.807, 2.05) is 0 Å². The predicted octanol–water partition coefficient (Wildman–Crippen LogP) is 1.24. The van der Waals surface area contributed by atoms with Crippen LogP contribution in [0.1, 0.15) is 0 Å². The lowest BCUT2D eigenvalue weighted by Crippen LogP contribution is -2.52. The maximum atomic E-state index is 12.3. The van der Waals surface area contributed by atoms with Crippen LogP contribution in [0.25, 0.3) is 10.2 Å². The molecule has 1 atom stereocenters. The van der Waals surface area contributed by atoms with Crippen LogP contribution >= 0.6 is 11.3 Å². The summed E-state index contributed by atoms with van der Waals surface area (Å²) < 4.78 is 46.2. The van der Waals surface area contributed by atoms with Gasteiger partial charge in [0.05, 0.1) is 30.0 Å². The molecule has 0 spiro atoms. The summed E-state index contributed by atoms with van der Waals surface area (Å²) in [5.41, 5.74) is 0.414. The molecule has 0 radical (unpaired) electrons. The van der Waals surface area contributed by atoms with E-state index in [0.717, 1.165) is 17.4 Å². The van der Waals surface area contributed by atoms with E-state index in [2.05, 4.69) is 25.7 Å². The zero-order valence-corrected chi connectivity index (χ0v) is 14.6. The summed E-state index contributed by atoms with van der Waals surface area (Å²) in [4.78, 5) is 28.0. The van der Waals surface area contributed by atoms with Crippen molar-refractivity contribution in [1.29, 1.82) is 0 Å². The van der Waals surface area contributed by atoms with Crippen LogP contribution < -0.4 is 20.7 Å². The summed E-state index contributed by atoms with van der Waals surface area (Å²) in [6.45, 7) is 1.04. The van der Waals surface area contributed by atoms with Crippen molar-refractivity contribution in [1.82, 2.24) is 15.6 Å². The van der Waals surface area contributed by atoms with Crippen molar-refractivity contribution in [2.45, 2.75) is 12.4 Å². The fraction of sp³-hybridized carbons (Fsp3) is 0.400. The van der Waals surface area contributed by atoms with E-state index in [0.29, 0.717) is 23.4 Å². The third-order valence-corrected chi connectivity index (χ3v) is 4.43. The van der Waals surface area contributed by atoms with Crippen molar-refractivity contribution in [3.8, 4) is 5.75 Å². The molecule has 1 aliphatic rings. The van der Waals surface area contributed by atoms with Crippen molar-refractivity contribution >= 4 is 38.5 Å². The molecule has 0 saturated carbocycles. The zero-order chi connectivity index (χ0) is 19.4. The maximum Gasteiger partial charge on any atom is 0.573 e. The lowest BCUT2D eigenvalue weighted by molar-refractivity contribution is -0.274. The normalized spacial score (nSPS) is 17.5. The highest BCUT2D eigenvalue weighted by molar-refractivity contribution is 7.22. The number of hydrogen-bond acceptors (Lipinski definition) is 7. The Hall–Kier alpha value is -2.44. The van der Waals surface area contributed by atoms with Gasteiger partial charge >= 0.3 is 6.36 Å². The number of carbonyl (C=O) groups excluding carboxylic acids is 2. The first-order chi connectivity index (χ1) is 12.8. The lowest BCUT2D eigenvalue weighted by atomic mass is 10.2. The molecule has 1 fully saturated rings. The first-order valence-electron chi connectivity index (χ1n) is 7.85. The zero-order valence-electron chi connectivity index (χ0n) is 13.8. The molecule has 1 aromatic heterocycles. The third kappa shape index (κ3) is 5.52. The van der Waals surface area contributed by atoms with Crippen LogP contribution in [0.4, 0.5) is 18.3 Å². The van der Waals surface area contributed by atoms with Gasteiger partial charge in [0.1, 0.15) is 11.8 Å². The molecule has 2 aromatic rings.